The zero-order valence-electron chi connectivity index (χ0n) is 8.49. The van der Waals surface area contributed by atoms with E-state index in [1.807, 2.05) is 0 Å². The summed E-state index contributed by atoms with van der Waals surface area (Å²) in [6, 6.07) is 0.339. The van der Waals surface area contributed by atoms with Crippen molar-refractivity contribution >= 4 is 5.95 Å². The number of anilines is 1. The normalized spacial score (nSPS) is 25.5. The van der Waals surface area contributed by atoms with Gasteiger partial charge < -0.3 is 11.1 Å². The fourth-order valence-electron chi connectivity index (χ4n) is 1.94. The maximum Gasteiger partial charge on any atom is 0.222 e. The van der Waals surface area contributed by atoms with Crippen LogP contribution in [0.4, 0.5) is 10.3 Å². The summed E-state index contributed by atoms with van der Waals surface area (Å²) in [4.78, 5) is 7.66. The van der Waals surface area contributed by atoms with Crippen LogP contribution in [0.2, 0.25) is 0 Å². The lowest BCUT2D eigenvalue weighted by atomic mass is 10.1. The van der Waals surface area contributed by atoms with E-state index < -0.39 is 5.82 Å². The first kappa shape index (κ1) is 10.3. The van der Waals surface area contributed by atoms with Gasteiger partial charge in [0.2, 0.25) is 5.95 Å². The van der Waals surface area contributed by atoms with Crippen molar-refractivity contribution in [3.05, 3.63) is 18.2 Å². The predicted molar refractivity (Wildman–Crippen MR) is 55.8 cm³/mol. The number of nitrogens with zero attached hydrogens (tertiary/aromatic N) is 2. The minimum atomic E-state index is -0.413. The van der Waals surface area contributed by atoms with Crippen LogP contribution < -0.4 is 11.1 Å². The van der Waals surface area contributed by atoms with E-state index in [4.69, 9.17) is 5.73 Å². The van der Waals surface area contributed by atoms with E-state index in [0.717, 1.165) is 38.2 Å². The number of hydrogen-bond donors (Lipinski definition) is 2. The van der Waals surface area contributed by atoms with Crippen LogP contribution in [0, 0.1) is 11.7 Å². The quantitative estimate of drug-likeness (QED) is 0.785. The third kappa shape index (κ3) is 2.86. The first-order valence-electron chi connectivity index (χ1n) is 5.21. The number of rotatable bonds is 3. The maximum absolute atomic E-state index is 12.5. The van der Waals surface area contributed by atoms with Crippen LogP contribution in [-0.2, 0) is 0 Å². The van der Waals surface area contributed by atoms with Crippen LogP contribution in [0.1, 0.15) is 19.3 Å². The van der Waals surface area contributed by atoms with E-state index in [1.54, 1.807) is 0 Å². The van der Waals surface area contributed by atoms with Crippen molar-refractivity contribution in [2.24, 2.45) is 11.7 Å². The molecule has 1 heterocycles. The highest BCUT2D eigenvalue weighted by molar-refractivity contribution is 5.22. The summed E-state index contributed by atoms with van der Waals surface area (Å²) < 4.78 is 12.5. The number of hydrogen-bond acceptors (Lipinski definition) is 4. The summed E-state index contributed by atoms with van der Waals surface area (Å²) in [6.45, 7) is 0.819. The second kappa shape index (κ2) is 4.53. The van der Waals surface area contributed by atoms with Crippen molar-refractivity contribution in [3.8, 4) is 0 Å². The summed E-state index contributed by atoms with van der Waals surface area (Å²) in [7, 11) is 0. The van der Waals surface area contributed by atoms with Gasteiger partial charge in [0.15, 0.2) is 5.82 Å². The Morgan fingerprint density at radius 2 is 2.13 bits per heavy atom. The Kier molecular flexibility index (Phi) is 3.11. The lowest BCUT2D eigenvalue weighted by molar-refractivity contribution is 0.562. The molecule has 5 heteroatoms. The molecule has 0 aliphatic heterocycles. The minimum absolute atomic E-state index is 0.339. The van der Waals surface area contributed by atoms with E-state index in [9.17, 15) is 4.39 Å². The van der Waals surface area contributed by atoms with E-state index in [0.29, 0.717) is 17.9 Å². The van der Waals surface area contributed by atoms with Gasteiger partial charge in [0.25, 0.3) is 0 Å². The number of halogens is 1. The van der Waals surface area contributed by atoms with Crippen LogP contribution in [0.15, 0.2) is 12.4 Å². The van der Waals surface area contributed by atoms with E-state index in [2.05, 4.69) is 15.3 Å². The number of aromatic nitrogens is 2. The van der Waals surface area contributed by atoms with Gasteiger partial charge in [-0.25, -0.2) is 14.4 Å². The molecule has 4 nitrogen and oxygen atoms in total. The molecule has 0 saturated heterocycles. The van der Waals surface area contributed by atoms with Gasteiger partial charge in [0.1, 0.15) is 0 Å². The average molecular weight is 210 g/mol. The fourth-order valence-corrected chi connectivity index (χ4v) is 1.94. The summed E-state index contributed by atoms with van der Waals surface area (Å²) >= 11 is 0. The van der Waals surface area contributed by atoms with Crippen molar-refractivity contribution in [2.75, 3.05) is 11.9 Å². The molecule has 1 aliphatic rings. The molecule has 1 fully saturated rings. The molecule has 0 radical (unpaired) electrons. The maximum atomic E-state index is 12.5. The fraction of sp³-hybridized carbons (Fsp3) is 0.600. The number of nitrogens with one attached hydrogen (secondary N) is 1. The molecular formula is C10H15FN4. The molecule has 3 N–H and O–H groups in total. The Morgan fingerprint density at radius 3 is 2.73 bits per heavy atom. The second-order valence-electron chi connectivity index (χ2n) is 4.04. The van der Waals surface area contributed by atoms with Crippen LogP contribution in [0.3, 0.4) is 0 Å². The molecule has 0 spiro atoms. The molecule has 1 aromatic rings. The van der Waals surface area contributed by atoms with Crippen molar-refractivity contribution in [1.82, 2.24) is 9.97 Å². The molecule has 1 aliphatic carbocycles. The Hall–Kier alpha value is -1.23. The van der Waals surface area contributed by atoms with Gasteiger partial charge >= 0.3 is 0 Å². The SMILES string of the molecule is NC1CCC(CNc2ncc(F)cn2)C1. The summed E-state index contributed by atoms with van der Waals surface area (Å²) in [6.07, 6.45) is 5.62. The van der Waals surface area contributed by atoms with Gasteiger partial charge in [-0.3, -0.25) is 0 Å². The standard InChI is InChI=1S/C10H15FN4/c11-8-5-14-10(15-6-8)13-4-7-1-2-9(12)3-7/h5-7,9H,1-4,12H2,(H,13,14,15). The zero-order valence-corrected chi connectivity index (χ0v) is 8.49. The molecular weight excluding hydrogens is 195 g/mol. The highest BCUT2D eigenvalue weighted by atomic mass is 19.1. The van der Waals surface area contributed by atoms with Gasteiger partial charge in [-0.1, -0.05) is 0 Å². The average Bonchev–Trinajstić information content (AvgIpc) is 2.64. The van der Waals surface area contributed by atoms with E-state index in [-0.39, 0.29) is 0 Å². The van der Waals surface area contributed by atoms with Gasteiger partial charge in [-0.05, 0) is 25.2 Å². The molecule has 2 rings (SSSR count). The molecule has 15 heavy (non-hydrogen) atoms. The molecule has 2 atom stereocenters. The van der Waals surface area contributed by atoms with Crippen LogP contribution in [-0.4, -0.2) is 22.6 Å². The highest BCUT2D eigenvalue weighted by Gasteiger charge is 2.21. The molecule has 0 bridgehead atoms. The van der Waals surface area contributed by atoms with Crippen molar-refractivity contribution in [1.29, 1.82) is 0 Å². The molecule has 0 aromatic carbocycles. The lowest BCUT2D eigenvalue weighted by Gasteiger charge is -2.10. The smallest absolute Gasteiger partial charge is 0.222 e. The molecule has 2 unspecified atom stereocenters. The molecule has 82 valence electrons. The topological polar surface area (TPSA) is 63.8 Å². The predicted octanol–water partition coefficient (Wildman–Crippen LogP) is 1.15. The van der Waals surface area contributed by atoms with E-state index >= 15 is 0 Å². The van der Waals surface area contributed by atoms with Gasteiger partial charge in [-0.15, -0.1) is 0 Å². The Bertz CT molecular complexity index is 314. The Balaban J connectivity index is 1.80. The van der Waals surface area contributed by atoms with Crippen LogP contribution in [0.5, 0.6) is 0 Å². The van der Waals surface area contributed by atoms with Crippen LogP contribution in [0.25, 0.3) is 0 Å². The molecule has 0 amide bonds. The summed E-state index contributed by atoms with van der Waals surface area (Å²) in [5.74, 6) is 0.661. The second-order valence-corrected chi connectivity index (χ2v) is 4.04. The van der Waals surface area contributed by atoms with Crippen molar-refractivity contribution in [3.63, 3.8) is 0 Å². The van der Waals surface area contributed by atoms with Crippen LogP contribution >= 0.6 is 0 Å². The summed E-state index contributed by atoms with van der Waals surface area (Å²) in [5, 5.41) is 3.09. The monoisotopic (exact) mass is 210 g/mol. The highest BCUT2D eigenvalue weighted by Crippen LogP contribution is 2.23. The summed E-state index contributed by atoms with van der Waals surface area (Å²) in [5.41, 5.74) is 5.81. The third-order valence-electron chi connectivity index (χ3n) is 2.75. The third-order valence-corrected chi connectivity index (χ3v) is 2.75. The first-order valence-corrected chi connectivity index (χ1v) is 5.21. The zero-order chi connectivity index (χ0) is 10.7. The Labute approximate surface area is 88.1 Å². The lowest BCUT2D eigenvalue weighted by Crippen LogP contribution is -2.18. The molecule has 1 aromatic heterocycles. The Morgan fingerprint density at radius 1 is 1.40 bits per heavy atom. The van der Waals surface area contributed by atoms with Gasteiger partial charge in [0, 0.05) is 12.6 Å². The molecule has 1 saturated carbocycles. The van der Waals surface area contributed by atoms with Gasteiger partial charge in [-0.2, -0.15) is 0 Å². The van der Waals surface area contributed by atoms with Gasteiger partial charge in [0.05, 0.1) is 12.4 Å². The van der Waals surface area contributed by atoms with Crippen molar-refractivity contribution < 1.29 is 4.39 Å². The van der Waals surface area contributed by atoms with E-state index in [1.165, 1.54) is 0 Å². The first-order chi connectivity index (χ1) is 7.24. The van der Waals surface area contributed by atoms with Crippen molar-refractivity contribution in [2.45, 2.75) is 25.3 Å². The minimum Gasteiger partial charge on any atom is -0.354 e. The largest absolute Gasteiger partial charge is 0.354 e. The number of nitrogens with two attached hydrogens (primary N) is 1.